The lowest BCUT2D eigenvalue weighted by atomic mass is 10.5. The van der Waals surface area contributed by atoms with Crippen LogP contribution in [0, 0.1) is 0 Å². The maximum absolute atomic E-state index is 10.7. The van der Waals surface area contributed by atoms with Crippen LogP contribution in [-0.2, 0) is 4.79 Å². The Kier molecular flexibility index (Phi) is 4.28. The van der Waals surface area contributed by atoms with E-state index in [1.807, 2.05) is 0 Å². The van der Waals surface area contributed by atoms with Gasteiger partial charge in [-0.1, -0.05) is 0 Å². The number of nitrogens with one attached hydrogen (secondary N) is 1. The summed E-state index contributed by atoms with van der Waals surface area (Å²) in [4.78, 5) is 16.1. The summed E-state index contributed by atoms with van der Waals surface area (Å²) in [7, 11) is 5.07. The summed E-state index contributed by atoms with van der Waals surface area (Å²) in [6.07, 6.45) is 1.61. The minimum atomic E-state index is -0.0117. The molecule has 0 saturated carbocycles. The number of carbonyl (C=O) groups is 1. The van der Waals surface area contributed by atoms with Gasteiger partial charge in [-0.05, 0) is 0 Å². The second-order valence-electron chi connectivity index (χ2n) is 1.96. The van der Waals surface area contributed by atoms with E-state index < -0.39 is 0 Å². The molecule has 4 heteroatoms. The molecule has 0 unspecified atom stereocenters. The van der Waals surface area contributed by atoms with Gasteiger partial charge in [0.2, 0.25) is 5.91 Å². The van der Waals surface area contributed by atoms with Crippen LogP contribution in [0.4, 0.5) is 0 Å². The third-order valence-corrected chi connectivity index (χ3v) is 0.984. The first kappa shape index (κ1) is 8.94. The lowest BCUT2D eigenvalue weighted by Gasteiger charge is -2.10. The summed E-state index contributed by atoms with van der Waals surface area (Å²) < 4.78 is 0. The molecule has 0 aliphatic heterocycles. The van der Waals surface area contributed by atoms with Gasteiger partial charge in [-0.25, -0.2) is 0 Å². The fourth-order valence-corrected chi connectivity index (χ4v) is 0.544. The average Bonchev–Trinajstić information content (AvgIpc) is 1.88. The van der Waals surface area contributed by atoms with Gasteiger partial charge in [0.1, 0.15) is 0 Å². The molecule has 0 aliphatic rings. The highest BCUT2D eigenvalue weighted by Gasteiger charge is 1.98. The maximum atomic E-state index is 10.7. The monoisotopic (exact) mass is 143 g/mol. The highest BCUT2D eigenvalue weighted by molar-refractivity contribution is 5.79. The molecule has 0 rings (SSSR count). The molecule has 58 valence electrons. The van der Waals surface area contributed by atoms with Crippen molar-refractivity contribution in [3.05, 3.63) is 0 Å². The molecule has 1 N–H and O–H groups in total. The summed E-state index contributed by atoms with van der Waals surface area (Å²) in [6, 6.07) is 0. The molecule has 1 amide bonds. The van der Waals surface area contributed by atoms with Gasteiger partial charge in [-0.15, -0.1) is 0 Å². The van der Waals surface area contributed by atoms with Crippen LogP contribution >= 0.6 is 0 Å². The number of carbonyl (C=O) groups excluding carboxylic acids is 1. The van der Waals surface area contributed by atoms with E-state index in [0.29, 0.717) is 6.54 Å². The van der Waals surface area contributed by atoms with E-state index in [2.05, 4.69) is 10.3 Å². The van der Waals surface area contributed by atoms with Crippen molar-refractivity contribution in [2.24, 2.45) is 4.99 Å². The topological polar surface area (TPSA) is 44.7 Å². The second kappa shape index (κ2) is 4.78. The number of hydrogen-bond donors (Lipinski definition) is 1. The third kappa shape index (κ3) is 3.88. The molecule has 0 spiro atoms. The molecule has 4 nitrogen and oxygen atoms in total. The molecule has 0 radical (unpaired) electrons. The van der Waals surface area contributed by atoms with Crippen molar-refractivity contribution >= 4 is 12.2 Å². The lowest BCUT2D eigenvalue weighted by Crippen LogP contribution is -2.32. The Bertz CT molecular complexity index is 133. The first-order valence-corrected chi connectivity index (χ1v) is 3.03. The number of aliphatic imine (C=N–C) groups is 1. The van der Waals surface area contributed by atoms with Crippen LogP contribution in [0.3, 0.4) is 0 Å². The first-order chi connectivity index (χ1) is 4.70. The van der Waals surface area contributed by atoms with Gasteiger partial charge in [-0.3, -0.25) is 9.79 Å². The van der Waals surface area contributed by atoms with Crippen molar-refractivity contribution in [1.82, 2.24) is 10.2 Å². The minimum absolute atomic E-state index is 0.0117. The largest absolute Gasteiger partial charge is 0.358 e. The molecule has 0 aromatic rings. The zero-order chi connectivity index (χ0) is 7.98. The summed E-state index contributed by atoms with van der Waals surface area (Å²) in [6.45, 7) is 0.355. The Hall–Kier alpha value is -1.06. The Morgan fingerprint density at radius 3 is 2.80 bits per heavy atom. The van der Waals surface area contributed by atoms with E-state index in [9.17, 15) is 4.79 Å². The van der Waals surface area contributed by atoms with Crippen molar-refractivity contribution in [2.45, 2.75) is 0 Å². The summed E-state index contributed by atoms with van der Waals surface area (Å²) in [5.74, 6) is -0.0117. The highest BCUT2D eigenvalue weighted by atomic mass is 16.1. The normalized spacial score (nSPS) is 9.90. The molecular formula is C6H13N3O. The van der Waals surface area contributed by atoms with Crippen LogP contribution in [0.5, 0.6) is 0 Å². The molecule has 10 heavy (non-hydrogen) atoms. The molecule has 0 atom stereocenters. The van der Waals surface area contributed by atoms with E-state index in [0.717, 1.165) is 0 Å². The highest BCUT2D eigenvalue weighted by Crippen LogP contribution is 1.74. The number of hydrogen-bond acceptors (Lipinski definition) is 2. The predicted molar refractivity (Wildman–Crippen MR) is 41.1 cm³/mol. The quantitative estimate of drug-likeness (QED) is 0.420. The molecule has 0 aromatic heterocycles. The van der Waals surface area contributed by atoms with Crippen molar-refractivity contribution in [3.8, 4) is 0 Å². The Morgan fingerprint density at radius 2 is 2.40 bits per heavy atom. The number of amides is 1. The Morgan fingerprint density at radius 1 is 1.80 bits per heavy atom. The van der Waals surface area contributed by atoms with Crippen molar-refractivity contribution < 1.29 is 4.79 Å². The Balaban J connectivity index is 3.57. The SMILES string of the molecule is C/N=C\N(C)CC(=O)NC. The zero-order valence-electron chi connectivity index (χ0n) is 6.59. The van der Waals surface area contributed by atoms with Gasteiger partial charge in [0, 0.05) is 21.1 Å². The lowest BCUT2D eigenvalue weighted by molar-refractivity contribution is -0.120. The smallest absolute Gasteiger partial charge is 0.239 e. The summed E-state index contributed by atoms with van der Waals surface area (Å²) in [5, 5.41) is 2.51. The van der Waals surface area contributed by atoms with E-state index >= 15 is 0 Å². The van der Waals surface area contributed by atoms with Crippen molar-refractivity contribution in [1.29, 1.82) is 0 Å². The average molecular weight is 143 g/mol. The molecule has 0 heterocycles. The third-order valence-electron chi connectivity index (χ3n) is 0.984. The van der Waals surface area contributed by atoms with Gasteiger partial charge < -0.3 is 10.2 Å². The van der Waals surface area contributed by atoms with E-state index in [4.69, 9.17) is 0 Å². The van der Waals surface area contributed by atoms with Crippen LogP contribution in [0.25, 0.3) is 0 Å². The Labute approximate surface area is 60.9 Å². The van der Waals surface area contributed by atoms with E-state index in [-0.39, 0.29) is 5.91 Å². The molecular weight excluding hydrogens is 130 g/mol. The maximum Gasteiger partial charge on any atom is 0.239 e. The van der Waals surface area contributed by atoms with Gasteiger partial charge in [0.05, 0.1) is 12.9 Å². The van der Waals surface area contributed by atoms with Crippen LogP contribution in [0.1, 0.15) is 0 Å². The fourth-order valence-electron chi connectivity index (χ4n) is 0.544. The van der Waals surface area contributed by atoms with Gasteiger partial charge in [0.25, 0.3) is 0 Å². The summed E-state index contributed by atoms with van der Waals surface area (Å²) in [5.41, 5.74) is 0. The van der Waals surface area contributed by atoms with Gasteiger partial charge in [-0.2, -0.15) is 0 Å². The van der Waals surface area contributed by atoms with Gasteiger partial charge >= 0.3 is 0 Å². The zero-order valence-corrected chi connectivity index (χ0v) is 6.59. The second-order valence-corrected chi connectivity index (χ2v) is 1.96. The van der Waals surface area contributed by atoms with Crippen LogP contribution in [0.15, 0.2) is 4.99 Å². The molecule has 0 bridgehead atoms. The van der Waals surface area contributed by atoms with Crippen LogP contribution in [-0.4, -0.2) is 44.8 Å². The minimum Gasteiger partial charge on any atom is -0.358 e. The molecule has 0 saturated heterocycles. The fraction of sp³-hybridized carbons (Fsp3) is 0.667. The van der Waals surface area contributed by atoms with E-state index in [1.54, 1.807) is 32.4 Å². The summed E-state index contributed by atoms with van der Waals surface area (Å²) >= 11 is 0. The standard InChI is InChI=1S/C6H13N3O/c1-7-5-9(3)4-6(10)8-2/h5H,4H2,1-3H3,(H,8,10)/b7-5-. The number of likely N-dealkylation sites (N-methyl/N-ethyl adjacent to an activating group) is 2. The molecule has 0 aromatic carbocycles. The van der Waals surface area contributed by atoms with E-state index in [1.165, 1.54) is 0 Å². The molecule has 0 fully saturated rings. The number of rotatable bonds is 3. The predicted octanol–water partition coefficient (Wildman–Crippen LogP) is -0.678. The molecule has 0 aliphatic carbocycles. The van der Waals surface area contributed by atoms with Crippen LogP contribution < -0.4 is 5.32 Å². The van der Waals surface area contributed by atoms with Crippen LogP contribution in [0.2, 0.25) is 0 Å². The number of nitrogens with zero attached hydrogens (tertiary/aromatic N) is 2. The van der Waals surface area contributed by atoms with Gasteiger partial charge in [0.15, 0.2) is 0 Å². The van der Waals surface area contributed by atoms with Crippen molar-refractivity contribution in [3.63, 3.8) is 0 Å². The first-order valence-electron chi connectivity index (χ1n) is 3.03. The van der Waals surface area contributed by atoms with Crippen molar-refractivity contribution in [2.75, 3.05) is 27.7 Å².